The standard InChI is InChI=1S/C28H34N4O4/c29-28(33)32(26-19-23-11-4-5-12-24(23)35-26)16-7-6-13-30-14-8-15-31(18-17-30)27-21-34-20-25(36-27)22-9-2-1-3-10-22/h1-2,4-5,9,11-12,19-21H,3,6-8,10,13-18H2,(H2,29,33). The summed E-state index contributed by atoms with van der Waals surface area (Å²) < 4.78 is 17.7. The van der Waals surface area contributed by atoms with Gasteiger partial charge in [0.1, 0.15) is 11.8 Å². The summed E-state index contributed by atoms with van der Waals surface area (Å²) in [4.78, 5) is 18.3. The number of urea groups is 1. The third-order valence-electron chi connectivity index (χ3n) is 6.84. The molecule has 1 fully saturated rings. The van der Waals surface area contributed by atoms with Crippen molar-refractivity contribution < 1.29 is 18.7 Å². The molecule has 1 saturated heterocycles. The zero-order valence-corrected chi connectivity index (χ0v) is 20.6. The Morgan fingerprint density at radius 3 is 2.83 bits per heavy atom. The van der Waals surface area contributed by atoms with Crippen LogP contribution in [0.5, 0.6) is 0 Å². The van der Waals surface area contributed by atoms with Crippen LogP contribution in [0.2, 0.25) is 0 Å². The molecule has 190 valence electrons. The van der Waals surface area contributed by atoms with Crippen LogP contribution in [0, 0.1) is 0 Å². The summed E-state index contributed by atoms with van der Waals surface area (Å²) in [7, 11) is 0. The highest BCUT2D eigenvalue weighted by Crippen LogP contribution is 2.28. The number of ether oxygens (including phenoxy) is 2. The number of rotatable bonds is 8. The number of amides is 2. The lowest BCUT2D eigenvalue weighted by Gasteiger charge is -2.28. The van der Waals surface area contributed by atoms with Gasteiger partial charge in [0.2, 0.25) is 11.8 Å². The van der Waals surface area contributed by atoms with Crippen LogP contribution in [-0.2, 0) is 9.47 Å². The largest absolute Gasteiger partial charge is 0.463 e. The molecule has 0 spiro atoms. The van der Waals surface area contributed by atoms with Gasteiger partial charge in [-0.3, -0.25) is 4.90 Å². The number of furan rings is 1. The van der Waals surface area contributed by atoms with Gasteiger partial charge in [0, 0.05) is 37.6 Å². The van der Waals surface area contributed by atoms with E-state index in [0.29, 0.717) is 12.4 Å². The molecule has 8 nitrogen and oxygen atoms in total. The van der Waals surface area contributed by atoms with Crippen molar-refractivity contribution in [1.29, 1.82) is 0 Å². The molecule has 1 aromatic heterocycles. The molecule has 36 heavy (non-hydrogen) atoms. The molecule has 0 unspecified atom stereocenters. The van der Waals surface area contributed by atoms with Crippen molar-refractivity contribution in [3.8, 4) is 0 Å². The molecule has 1 aliphatic carbocycles. The van der Waals surface area contributed by atoms with Crippen LogP contribution in [0.15, 0.2) is 82.7 Å². The summed E-state index contributed by atoms with van der Waals surface area (Å²) in [6, 6.07) is 9.10. The Hall–Kier alpha value is -3.65. The minimum Gasteiger partial charge on any atom is -0.463 e. The van der Waals surface area contributed by atoms with Gasteiger partial charge in [-0.15, -0.1) is 0 Å². The topological polar surface area (TPSA) is 84.4 Å². The lowest BCUT2D eigenvalue weighted by molar-refractivity contribution is 0.127. The zero-order valence-electron chi connectivity index (χ0n) is 20.6. The average Bonchev–Trinajstić information content (AvgIpc) is 3.19. The summed E-state index contributed by atoms with van der Waals surface area (Å²) in [5, 5.41) is 0.963. The molecule has 2 aromatic rings. The van der Waals surface area contributed by atoms with E-state index in [1.165, 1.54) is 10.5 Å². The monoisotopic (exact) mass is 490 g/mol. The molecule has 0 atom stereocenters. The van der Waals surface area contributed by atoms with Crippen LogP contribution in [0.3, 0.4) is 0 Å². The Labute approximate surface area is 211 Å². The van der Waals surface area contributed by atoms with Crippen molar-refractivity contribution in [1.82, 2.24) is 9.80 Å². The maximum atomic E-state index is 12.1. The van der Waals surface area contributed by atoms with Gasteiger partial charge in [-0.05, 0) is 56.8 Å². The van der Waals surface area contributed by atoms with E-state index in [9.17, 15) is 4.79 Å². The quantitative estimate of drug-likeness (QED) is 0.520. The van der Waals surface area contributed by atoms with Crippen molar-refractivity contribution in [3.05, 3.63) is 78.3 Å². The van der Waals surface area contributed by atoms with Crippen LogP contribution in [0.1, 0.15) is 32.1 Å². The molecule has 2 aliphatic heterocycles. The van der Waals surface area contributed by atoms with Gasteiger partial charge in [0.15, 0.2) is 12.0 Å². The second-order valence-electron chi connectivity index (χ2n) is 9.34. The van der Waals surface area contributed by atoms with E-state index >= 15 is 0 Å². The van der Waals surface area contributed by atoms with E-state index in [1.807, 2.05) is 30.3 Å². The molecule has 2 N–H and O–H groups in total. The van der Waals surface area contributed by atoms with E-state index in [4.69, 9.17) is 19.6 Å². The van der Waals surface area contributed by atoms with Gasteiger partial charge >= 0.3 is 6.03 Å². The fraction of sp³-hybridized carbons (Fsp3) is 0.393. The number of benzene rings is 1. The molecule has 2 amide bonds. The van der Waals surface area contributed by atoms with Crippen LogP contribution < -0.4 is 10.6 Å². The van der Waals surface area contributed by atoms with Gasteiger partial charge in [-0.1, -0.05) is 36.4 Å². The molecule has 0 bridgehead atoms. The second kappa shape index (κ2) is 11.4. The number of nitrogens with zero attached hydrogens (tertiary/aromatic N) is 3. The Balaban J connectivity index is 1.08. The number of anilines is 1. The van der Waals surface area contributed by atoms with Crippen LogP contribution in [0.4, 0.5) is 10.7 Å². The first kappa shape index (κ1) is 24.1. The Bertz CT molecular complexity index is 1160. The smallest absolute Gasteiger partial charge is 0.321 e. The molecule has 1 aromatic carbocycles. The third kappa shape index (κ3) is 5.76. The Morgan fingerprint density at radius 2 is 2.00 bits per heavy atom. The number of carbonyl (C=O) groups excluding carboxylic acids is 1. The summed E-state index contributed by atoms with van der Waals surface area (Å²) in [5.41, 5.74) is 7.58. The number of para-hydroxylation sites is 1. The van der Waals surface area contributed by atoms with E-state index in [2.05, 4.69) is 28.0 Å². The van der Waals surface area contributed by atoms with Gasteiger partial charge in [0.05, 0.1) is 0 Å². The number of carbonyl (C=O) groups is 1. The summed E-state index contributed by atoms with van der Waals surface area (Å²) >= 11 is 0. The highest BCUT2D eigenvalue weighted by Gasteiger charge is 2.23. The molecule has 0 radical (unpaired) electrons. The van der Waals surface area contributed by atoms with Crippen molar-refractivity contribution in [3.63, 3.8) is 0 Å². The fourth-order valence-electron chi connectivity index (χ4n) is 4.85. The van der Waals surface area contributed by atoms with Crippen molar-refractivity contribution >= 4 is 22.9 Å². The molecule has 8 heteroatoms. The van der Waals surface area contributed by atoms with Crippen LogP contribution >= 0.6 is 0 Å². The summed E-state index contributed by atoms with van der Waals surface area (Å²) in [5.74, 6) is 2.10. The molecule has 0 saturated carbocycles. The van der Waals surface area contributed by atoms with Gasteiger partial charge < -0.3 is 29.4 Å². The van der Waals surface area contributed by atoms with E-state index in [0.717, 1.165) is 87.4 Å². The molecular formula is C28H34N4O4. The number of allylic oxidation sites excluding steroid dienone is 4. The molecule has 3 heterocycles. The maximum Gasteiger partial charge on any atom is 0.321 e. The van der Waals surface area contributed by atoms with Gasteiger partial charge in [0.25, 0.3) is 0 Å². The first-order valence-electron chi connectivity index (χ1n) is 12.8. The van der Waals surface area contributed by atoms with Crippen LogP contribution in [-0.4, -0.2) is 55.1 Å². The minimum atomic E-state index is -0.490. The second-order valence-corrected chi connectivity index (χ2v) is 9.34. The number of nitrogens with two attached hydrogens (primary N) is 1. The molecular weight excluding hydrogens is 456 g/mol. The van der Waals surface area contributed by atoms with E-state index in [-0.39, 0.29) is 0 Å². The highest BCUT2D eigenvalue weighted by atomic mass is 16.6. The van der Waals surface area contributed by atoms with Crippen molar-refractivity contribution in [2.24, 2.45) is 5.73 Å². The number of unbranched alkanes of at least 4 members (excludes halogenated alkanes) is 1. The highest BCUT2D eigenvalue weighted by molar-refractivity contribution is 5.92. The van der Waals surface area contributed by atoms with Crippen molar-refractivity contribution in [2.45, 2.75) is 32.1 Å². The summed E-state index contributed by atoms with van der Waals surface area (Å²) in [6.45, 7) is 5.31. The first-order valence-corrected chi connectivity index (χ1v) is 12.8. The van der Waals surface area contributed by atoms with Gasteiger partial charge in [-0.25, -0.2) is 4.79 Å². The average molecular weight is 491 g/mol. The number of hydrogen-bond donors (Lipinski definition) is 1. The number of hydrogen-bond acceptors (Lipinski definition) is 6. The number of fused-ring (bicyclic) bond motifs is 1. The summed E-state index contributed by atoms with van der Waals surface area (Å²) in [6.07, 6.45) is 14.6. The molecule has 3 aliphatic rings. The first-order chi connectivity index (χ1) is 17.7. The number of primary amides is 1. The van der Waals surface area contributed by atoms with E-state index in [1.54, 1.807) is 12.5 Å². The maximum absolute atomic E-state index is 12.1. The lowest BCUT2D eigenvalue weighted by atomic mass is 10.0. The van der Waals surface area contributed by atoms with Crippen molar-refractivity contribution in [2.75, 3.05) is 44.2 Å². The Kier molecular flexibility index (Phi) is 7.61. The predicted octanol–water partition coefficient (Wildman–Crippen LogP) is 5.07. The Morgan fingerprint density at radius 1 is 1.08 bits per heavy atom. The molecule has 5 rings (SSSR count). The van der Waals surface area contributed by atoms with Gasteiger partial charge in [-0.2, -0.15) is 0 Å². The van der Waals surface area contributed by atoms with Crippen LogP contribution in [0.25, 0.3) is 11.0 Å². The van der Waals surface area contributed by atoms with E-state index < -0.39 is 6.03 Å². The fourth-order valence-corrected chi connectivity index (χ4v) is 4.85. The normalized spacial score (nSPS) is 18.6. The SMILES string of the molecule is NC(=O)N(CCCCN1CCCN(C2=COC=C(C3=CC=CCC3)O2)CC1)c1cc2ccccc2o1. The lowest BCUT2D eigenvalue weighted by Crippen LogP contribution is -2.37. The minimum absolute atomic E-state index is 0.490. The zero-order chi connectivity index (χ0) is 24.7. The predicted molar refractivity (Wildman–Crippen MR) is 140 cm³/mol. The third-order valence-corrected chi connectivity index (χ3v) is 6.84.